The summed E-state index contributed by atoms with van der Waals surface area (Å²) < 4.78 is 0. The summed E-state index contributed by atoms with van der Waals surface area (Å²) in [4.78, 5) is 72.1. The first-order valence-corrected chi connectivity index (χ1v) is 11.7. The Morgan fingerprint density at radius 1 is 0.811 bits per heavy atom. The van der Waals surface area contributed by atoms with Gasteiger partial charge in [-0.15, -0.1) is 0 Å². The Morgan fingerprint density at radius 3 is 1.86 bits per heavy atom. The molecule has 0 saturated carbocycles. The topological polar surface area (TPSA) is 225 Å². The van der Waals surface area contributed by atoms with Crippen molar-refractivity contribution in [3.05, 3.63) is 35.9 Å². The van der Waals surface area contributed by atoms with Gasteiger partial charge in [0.1, 0.15) is 18.1 Å². The summed E-state index contributed by atoms with van der Waals surface area (Å²) in [6.45, 7) is 3.62. The lowest BCUT2D eigenvalue weighted by Crippen LogP contribution is -2.58. The number of hydrogen-bond acceptors (Lipinski definition) is 7. The molecular weight excluding hydrogens is 488 g/mol. The number of amides is 3. The molecule has 0 radical (unpaired) electrons. The van der Waals surface area contributed by atoms with Crippen molar-refractivity contribution in [1.29, 1.82) is 0 Å². The largest absolute Gasteiger partial charge is 0.481 e. The van der Waals surface area contributed by atoms with Gasteiger partial charge in [-0.1, -0.05) is 50.6 Å². The number of nitrogens with one attached hydrogen (secondary N) is 3. The number of aliphatic carboxylic acids is 3. The van der Waals surface area contributed by atoms with Crippen molar-refractivity contribution in [2.45, 2.75) is 70.1 Å². The molecule has 37 heavy (non-hydrogen) atoms. The molecule has 1 rings (SSSR count). The molecule has 1 aromatic carbocycles. The average Bonchev–Trinajstić information content (AvgIpc) is 2.84. The maximum Gasteiger partial charge on any atom is 0.326 e. The number of nitrogens with two attached hydrogens (primary N) is 1. The molecule has 0 aromatic heterocycles. The van der Waals surface area contributed by atoms with Crippen LogP contribution in [-0.2, 0) is 35.2 Å². The summed E-state index contributed by atoms with van der Waals surface area (Å²) >= 11 is 0. The lowest BCUT2D eigenvalue weighted by atomic mass is 9.98. The van der Waals surface area contributed by atoms with Crippen molar-refractivity contribution in [3.63, 3.8) is 0 Å². The summed E-state index contributed by atoms with van der Waals surface area (Å²) in [6.07, 6.45) is -1.29. The van der Waals surface area contributed by atoms with E-state index in [2.05, 4.69) is 16.0 Å². The second-order valence-electron chi connectivity index (χ2n) is 8.65. The third-order valence-corrected chi connectivity index (χ3v) is 5.75. The van der Waals surface area contributed by atoms with Gasteiger partial charge in [0.15, 0.2) is 0 Å². The standard InChI is InChI=1S/C24H34N4O9/c1-3-13(2)20(25)23(35)28-16(11-14-7-5-4-6-8-14)21(33)27-17(12-19(31)32)22(34)26-15(24(36)37)9-10-18(29)30/h4-8,13,15-17,20H,3,9-12,25H2,1-2H3,(H,26,34)(H,27,33)(H,28,35)(H,29,30)(H,31,32)(H,36,37). The molecule has 5 unspecified atom stereocenters. The zero-order valence-electron chi connectivity index (χ0n) is 20.7. The van der Waals surface area contributed by atoms with Crippen LogP contribution >= 0.6 is 0 Å². The highest BCUT2D eigenvalue weighted by atomic mass is 16.4. The maximum atomic E-state index is 13.1. The predicted octanol–water partition coefficient (Wildman–Crippen LogP) is -0.519. The number of carboxylic acid groups (broad SMARTS) is 3. The number of rotatable bonds is 16. The molecule has 1 aromatic rings. The first kappa shape index (κ1) is 31.0. The van der Waals surface area contributed by atoms with Gasteiger partial charge in [-0.2, -0.15) is 0 Å². The molecule has 0 heterocycles. The molecule has 204 valence electrons. The van der Waals surface area contributed by atoms with Crippen LogP contribution < -0.4 is 21.7 Å². The fraction of sp³-hybridized carbons (Fsp3) is 0.500. The van der Waals surface area contributed by atoms with Gasteiger partial charge in [0.05, 0.1) is 12.5 Å². The minimum atomic E-state index is -1.70. The third-order valence-electron chi connectivity index (χ3n) is 5.75. The lowest BCUT2D eigenvalue weighted by molar-refractivity contribution is -0.144. The van der Waals surface area contributed by atoms with Crippen LogP contribution in [0.15, 0.2) is 30.3 Å². The maximum absolute atomic E-state index is 13.1. The van der Waals surface area contributed by atoms with Gasteiger partial charge < -0.3 is 37.0 Å². The van der Waals surface area contributed by atoms with Crippen LogP contribution in [0.5, 0.6) is 0 Å². The van der Waals surface area contributed by atoms with Crippen LogP contribution in [0.2, 0.25) is 0 Å². The molecule has 13 heteroatoms. The van der Waals surface area contributed by atoms with Crippen LogP contribution in [0.4, 0.5) is 0 Å². The Labute approximate surface area is 213 Å². The van der Waals surface area contributed by atoms with Gasteiger partial charge in [-0.3, -0.25) is 24.0 Å². The molecule has 5 atom stereocenters. The van der Waals surface area contributed by atoms with Crippen molar-refractivity contribution in [3.8, 4) is 0 Å². The number of benzene rings is 1. The Morgan fingerprint density at radius 2 is 1.35 bits per heavy atom. The van der Waals surface area contributed by atoms with Crippen LogP contribution in [-0.4, -0.2) is 75.1 Å². The fourth-order valence-corrected chi connectivity index (χ4v) is 3.29. The van der Waals surface area contributed by atoms with Gasteiger partial charge in [0, 0.05) is 12.8 Å². The second kappa shape index (κ2) is 15.2. The summed E-state index contributed by atoms with van der Waals surface area (Å²) in [5, 5.41) is 34.2. The minimum Gasteiger partial charge on any atom is -0.481 e. The molecule has 0 aliphatic carbocycles. The van der Waals surface area contributed by atoms with Gasteiger partial charge in [0.25, 0.3) is 0 Å². The number of carbonyl (C=O) groups excluding carboxylic acids is 3. The van der Waals surface area contributed by atoms with E-state index in [1.165, 1.54) is 0 Å². The Bertz CT molecular complexity index is 970. The van der Waals surface area contributed by atoms with Gasteiger partial charge in [0.2, 0.25) is 17.7 Å². The van der Waals surface area contributed by atoms with E-state index >= 15 is 0 Å². The Kier molecular flexibility index (Phi) is 12.7. The molecule has 3 amide bonds. The molecule has 0 aliphatic heterocycles. The SMILES string of the molecule is CCC(C)C(N)C(=O)NC(Cc1ccccc1)C(=O)NC(CC(=O)O)C(=O)NC(CCC(=O)O)C(=O)O. The Hall–Kier alpha value is -4.00. The number of carbonyl (C=O) groups is 6. The summed E-state index contributed by atoms with van der Waals surface area (Å²) in [7, 11) is 0. The fourth-order valence-electron chi connectivity index (χ4n) is 3.29. The van der Waals surface area contributed by atoms with E-state index in [1.54, 1.807) is 37.3 Å². The molecule has 0 aliphatic rings. The monoisotopic (exact) mass is 522 g/mol. The van der Waals surface area contributed by atoms with Crippen LogP contribution in [0.25, 0.3) is 0 Å². The first-order valence-electron chi connectivity index (χ1n) is 11.7. The van der Waals surface area contributed by atoms with Gasteiger partial charge in [-0.05, 0) is 17.9 Å². The molecule has 0 fully saturated rings. The highest BCUT2D eigenvalue weighted by molar-refractivity contribution is 5.95. The van der Waals surface area contributed by atoms with E-state index in [0.717, 1.165) is 0 Å². The number of carboxylic acids is 3. The summed E-state index contributed by atoms with van der Waals surface area (Å²) in [6, 6.07) is 3.16. The van der Waals surface area contributed by atoms with E-state index in [9.17, 15) is 39.0 Å². The van der Waals surface area contributed by atoms with Crippen molar-refractivity contribution >= 4 is 35.6 Å². The van der Waals surface area contributed by atoms with Crippen LogP contribution in [0.1, 0.15) is 45.1 Å². The van der Waals surface area contributed by atoms with E-state index in [-0.39, 0.29) is 12.3 Å². The molecular formula is C24H34N4O9. The molecule has 0 bridgehead atoms. The number of hydrogen-bond donors (Lipinski definition) is 7. The zero-order valence-corrected chi connectivity index (χ0v) is 20.7. The predicted molar refractivity (Wildman–Crippen MR) is 130 cm³/mol. The average molecular weight is 523 g/mol. The molecule has 13 nitrogen and oxygen atoms in total. The van der Waals surface area contributed by atoms with Gasteiger partial charge >= 0.3 is 17.9 Å². The van der Waals surface area contributed by atoms with Crippen molar-refractivity contribution < 1.29 is 44.1 Å². The van der Waals surface area contributed by atoms with Crippen molar-refractivity contribution in [2.24, 2.45) is 11.7 Å². The van der Waals surface area contributed by atoms with E-state index in [4.69, 9.17) is 10.8 Å². The smallest absolute Gasteiger partial charge is 0.326 e. The third kappa shape index (κ3) is 11.1. The van der Waals surface area contributed by atoms with E-state index in [0.29, 0.717) is 12.0 Å². The molecule has 0 saturated heterocycles. The highest BCUT2D eigenvalue weighted by Gasteiger charge is 2.32. The Balaban J connectivity index is 3.12. The first-order chi connectivity index (χ1) is 17.3. The normalized spacial score (nSPS) is 14.8. The van der Waals surface area contributed by atoms with Crippen molar-refractivity contribution in [1.82, 2.24) is 16.0 Å². The van der Waals surface area contributed by atoms with Crippen LogP contribution in [0, 0.1) is 5.92 Å². The van der Waals surface area contributed by atoms with Crippen molar-refractivity contribution in [2.75, 3.05) is 0 Å². The lowest BCUT2D eigenvalue weighted by Gasteiger charge is -2.25. The minimum absolute atomic E-state index is 0.00339. The summed E-state index contributed by atoms with van der Waals surface area (Å²) in [5.41, 5.74) is 6.64. The second-order valence-corrected chi connectivity index (χ2v) is 8.65. The van der Waals surface area contributed by atoms with Crippen LogP contribution in [0.3, 0.4) is 0 Å². The highest BCUT2D eigenvalue weighted by Crippen LogP contribution is 2.09. The van der Waals surface area contributed by atoms with Gasteiger partial charge in [-0.25, -0.2) is 4.79 Å². The van der Waals surface area contributed by atoms with E-state index < -0.39 is 79.1 Å². The molecule has 0 spiro atoms. The van der Waals surface area contributed by atoms with E-state index in [1.807, 2.05) is 6.92 Å². The zero-order chi connectivity index (χ0) is 28.1. The summed E-state index contributed by atoms with van der Waals surface area (Å²) in [5.74, 6) is -7.08. The molecule has 8 N–H and O–H groups in total. The quantitative estimate of drug-likeness (QED) is 0.147.